The minimum Gasteiger partial charge on any atom is -0.493 e. The zero-order valence-electron chi connectivity index (χ0n) is 17.5. The van der Waals surface area contributed by atoms with Crippen LogP contribution in [0.4, 0.5) is 0 Å². The van der Waals surface area contributed by atoms with Gasteiger partial charge in [0.15, 0.2) is 11.5 Å². The number of rotatable bonds is 13. The molecule has 2 rings (SSSR count). The number of hydrogen-bond acceptors (Lipinski definition) is 3. The molecule has 1 N–H and O–H groups in total. The van der Waals surface area contributed by atoms with Crippen molar-refractivity contribution >= 4 is 15.9 Å². The third kappa shape index (κ3) is 7.84. The fourth-order valence-electron chi connectivity index (χ4n) is 3.12. The zero-order valence-corrected chi connectivity index (χ0v) is 19.1. The Morgan fingerprint density at radius 1 is 0.929 bits per heavy atom. The van der Waals surface area contributed by atoms with Gasteiger partial charge in [0.25, 0.3) is 0 Å². The number of hydrogen-bond donors (Lipinski definition) is 1. The molecule has 0 aliphatic carbocycles. The normalized spacial score (nSPS) is 10.9. The van der Waals surface area contributed by atoms with Crippen LogP contribution in [0.3, 0.4) is 0 Å². The van der Waals surface area contributed by atoms with Crippen molar-refractivity contribution in [2.24, 2.45) is 0 Å². The maximum Gasteiger partial charge on any atom is 0.175 e. The van der Waals surface area contributed by atoms with E-state index in [1.807, 2.05) is 0 Å². The molecule has 0 fully saturated rings. The highest BCUT2D eigenvalue weighted by atomic mass is 79.9. The molecule has 2 aromatic rings. The first-order chi connectivity index (χ1) is 13.6. The molecular weight excluding hydrogens is 414 g/mol. The minimum absolute atomic E-state index is 0.519. The molecule has 154 valence electrons. The molecule has 0 saturated carbocycles. The molecule has 0 atom stereocenters. The summed E-state index contributed by atoms with van der Waals surface area (Å²) in [5, 5.41) is 3.54. The Bertz CT molecular complexity index is 700. The van der Waals surface area contributed by atoms with Crippen molar-refractivity contribution in [3.63, 3.8) is 0 Å². The van der Waals surface area contributed by atoms with Crippen molar-refractivity contribution in [3.05, 3.63) is 57.6 Å². The molecule has 0 aliphatic heterocycles. The van der Waals surface area contributed by atoms with Crippen LogP contribution < -0.4 is 14.8 Å². The summed E-state index contributed by atoms with van der Waals surface area (Å²) < 4.78 is 12.5. The summed E-state index contributed by atoms with van der Waals surface area (Å²) in [4.78, 5) is 0. The Balaban J connectivity index is 1.83. The zero-order chi connectivity index (χ0) is 20.2. The van der Waals surface area contributed by atoms with Crippen LogP contribution in [0.25, 0.3) is 0 Å². The molecule has 2 aromatic carbocycles. The maximum absolute atomic E-state index is 6.04. The lowest BCUT2D eigenvalue weighted by Gasteiger charge is -2.15. The first-order valence-electron chi connectivity index (χ1n) is 10.4. The summed E-state index contributed by atoms with van der Waals surface area (Å²) in [6.45, 7) is 6.75. The van der Waals surface area contributed by atoms with E-state index in [-0.39, 0.29) is 0 Å². The molecule has 0 saturated heterocycles. The molecule has 0 aromatic heterocycles. The van der Waals surface area contributed by atoms with Crippen LogP contribution in [-0.2, 0) is 13.2 Å². The van der Waals surface area contributed by atoms with E-state index in [1.165, 1.54) is 49.7 Å². The molecule has 0 radical (unpaired) electrons. The average molecular weight is 448 g/mol. The molecule has 0 heterocycles. The van der Waals surface area contributed by atoms with Gasteiger partial charge in [-0.3, -0.25) is 0 Å². The van der Waals surface area contributed by atoms with Gasteiger partial charge >= 0.3 is 0 Å². The average Bonchev–Trinajstić information content (AvgIpc) is 2.70. The van der Waals surface area contributed by atoms with Crippen LogP contribution in [0.2, 0.25) is 0 Å². The molecule has 3 nitrogen and oxygen atoms in total. The summed E-state index contributed by atoms with van der Waals surface area (Å²) in [6.07, 6.45) is 7.93. The van der Waals surface area contributed by atoms with Gasteiger partial charge in [-0.05, 0) is 59.1 Å². The summed E-state index contributed by atoms with van der Waals surface area (Å²) >= 11 is 3.65. The Hall–Kier alpha value is -1.52. The number of benzene rings is 2. The molecule has 0 spiro atoms. The lowest BCUT2D eigenvalue weighted by molar-refractivity contribution is 0.282. The Morgan fingerprint density at radius 3 is 2.36 bits per heavy atom. The molecule has 0 bridgehead atoms. The maximum atomic E-state index is 6.04. The van der Waals surface area contributed by atoms with Crippen molar-refractivity contribution in [2.45, 2.75) is 65.5 Å². The number of halogens is 1. The van der Waals surface area contributed by atoms with Crippen LogP contribution in [0.5, 0.6) is 11.5 Å². The van der Waals surface area contributed by atoms with E-state index < -0.39 is 0 Å². The number of ether oxygens (including phenoxy) is 2. The predicted octanol–water partition coefficient (Wildman–Crippen LogP) is 6.80. The van der Waals surface area contributed by atoms with Gasteiger partial charge in [0.2, 0.25) is 0 Å². The minimum atomic E-state index is 0.519. The fourth-order valence-corrected chi connectivity index (χ4v) is 3.72. The van der Waals surface area contributed by atoms with Crippen LogP contribution in [-0.4, -0.2) is 13.7 Å². The molecular formula is C24H34BrNO2. The van der Waals surface area contributed by atoms with Gasteiger partial charge < -0.3 is 14.8 Å². The number of nitrogens with one attached hydrogen (secondary N) is 1. The van der Waals surface area contributed by atoms with Crippen molar-refractivity contribution in [2.75, 3.05) is 13.7 Å². The Kier molecular flexibility index (Phi) is 10.4. The predicted molar refractivity (Wildman–Crippen MR) is 121 cm³/mol. The van der Waals surface area contributed by atoms with Crippen molar-refractivity contribution < 1.29 is 9.47 Å². The van der Waals surface area contributed by atoms with Gasteiger partial charge in [-0.1, -0.05) is 68.9 Å². The lowest BCUT2D eigenvalue weighted by Crippen LogP contribution is -2.14. The highest BCUT2D eigenvalue weighted by molar-refractivity contribution is 9.10. The lowest BCUT2D eigenvalue weighted by atomic mass is 10.1. The van der Waals surface area contributed by atoms with Gasteiger partial charge in [-0.15, -0.1) is 0 Å². The van der Waals surface area contributed by atoms with E-state index in [0.29, 0.717) is 6.61 Å². The van der Waals surface area contributed by atoms with E-state index in [2.05, 4.69) is 71.5 Å². The van der Waals surface area contributed by atoms with Gasteiger partial charge in [0, 0.05) is 6.54 Å². The van der Waals surface area contributed by atoms with E-state index >= 15 is 0 Å². The SMILES string of the molecule is CCCCCCCCNCc1cc(Br)c(OCc2ccc(C)cc2)c(OC)c1. The smallest absolute Gasteiger partial charge is 0.175 e. The molecule has 0 amide bonds. The summed E-state index contributed by atoms with van der Waals surface area (Å²) in [7, 11) is 1.69. The second kappa shape index (κ2) is 12.8. The van der Waals surface area contributed by atoms with Crippen LogP contribution in [0, 0.1) is 6.92 Å². The van der Waals surface area contributed by atoms with E-state index in [9.17, 15) is 0 Å². The standard InChI is InChI=1S/C24H34BrNO2/c1-4-5-6-7-8-9-14-26-17-21-15-22(25)24(23(16-21)27-3)28-18-20-12-10-19(2)11-13-20/h10-13,15-16,26H,4-9,14,17-18H2,1-3H3. The monoisotopic (exact) mass is 447 g/mol. The highest BCUT2D eigenvalue weighted by Crippen LogP contribution is 2.37. The molecule has 0 unspecified atom stereocenters. The summed E-state index contributed by atoms with van der Waals surface area (Å²) in [5.74, 6) is 1.51. The largest absolute Gasteiger partial charge is 0.493 e. The fraction of sp³-hybridized carbons (Fsp3) is 0.500. The first kappa shape index (κ1) is 22.8. The van der Waals surface area contributed by atoms with E-state index in [1.54, 1.807) is 7.11 Å². The van der Waals surface area contributed by atoms with Crippen molar-refractivity contribution in [3.8, 4) is 11.5 Å². The summed E-state index contributed by atoms with van der Waals surface area (Å²) in [6, 6.07) is 12.6. The Labute approximate surface area is 179 Å². The molecule has 0 aliphatic rings. The third-order valence-electron chi connectivity index (χ3n) is 4.83. The highest BCUT2D eigenvalue weighted by Gasteiger charge is 2.12. The van der Waals surface area contributed by atoms with Gasteiger partial charge in [0.1, 0.15) is 6.61 Å². The van der Waals surface area contributed by atoms with E-state index in [4.69, 9.17) is 9.47 Å². The second-order valence-electron chi connectivity index (χ2n) is 7.33. The molecule has 4 heteroatoms. The topological polar surface area (TPSA) is 30.5 Å². The van der Waals surface area contributed by atoms with E-state index in [0.717, 1.165) is 34.6 Å². The van der Waals surface area contributed by atoms with Crippen LogP contribution >= 0.6 is 15.9 Å². The van der Waals surface area contributed by atoms with Gasteiger partial charge in [-0.2, -0.15) is 0 Å². The van der Waals surface area contributed by atoms with Gasteiger partial charge in [0.05, 0.1) is 11.6 Å². The number of unbranched alkanes of at least 4 members (excludes halogenated alkanes) is 5. The number of aryl methyl sites for hydroxylation is 1. The van der Waals surface area contributed by atoms with Gasteiger partial charge in [-0.25, -0.2) is 0 Å². The van der Waals surface area contributed by atoms with Crippen molar-refractivity contribution in [1.82, 2.24) is 5.32 Å². The molecule has 28 heavy (non-hydrogen) atoms. The quantitative estimate of drug-likeness (QED) is 0.342. The Morgan fingerprint density at radius 2 is 1.64 bits per heavy atom. The van der Waals surface area contributed by atoms with Crippen molar-refractivity contribution in [1.29, 1.82) is 0 Å². The summed E-state index contributed by atoms with van der Waals surface area (Å²) in [5.41, 5.74) is 3.59. The van der Waals surface area contributed by atoms with Crippen LogP contribution in [0.15, 0.2) is 40.9 Å². The third-order valence-corrected chi connectivity index (χ3v) is 5.42. The number of methoxy groups -OCH3 is 1. The second-order valence-corrected chi connectivity index (χ2v) is 8.18. The first-order valence-corrected chi connectivity index (χ1v) is 11.2. The van der Waals surface area contributed by atoms with Crippen LogP contribution in [0.1, 0.15) is 62.1 Å².